The van der Waals surface area contributed by atoms with Gasteiger partial charge in [0.15, 0.2) is 0 Å². The van der Waals surface area contributed by atoms with Crippen LogP contribution in [0.15, 0.2) is 6.33 Å². The molecule has 1 amide bonds. The zero-order valence-corrected chi connectivity index (χ0v) is 17.0. The highest BCUT2D eigenvalue weighted by atomic mass is 16.5. The van der Waals surface area contributed by atoms with Crippen LogP contribution in [0.2, 0.25) is 0 Å². The summed E-state index contributed by atoms with van der Waals surface area (Å²) in [6.45, 7) is 8.55. The summed E-state index contributed by atoms with van der Waals surface area (Å²) in [7, 11) is 0. The molecule has 1 saturated carbocycles. The first-order chi connectivity index (χ1) is 13.6. The molecule has 4 rings (SSSR count). The van der Waals surface area contributed by atoms with Gasteiger partial charge in [0.1, 0.15) is 17.8 Å². The van der Waals surface area contributed by atoms with Gasteiger partial charge in [-0.25, -0.2) is 9.97 Å². The molecule has 0 spiro atoms. The Bertz CT molecular complexity index is 851. The van der Waals surface area contributed by atoms with Crippen LogP contribution >= 0.6 is 0 Å². The summed E-state index contributed by atoms with van der Waals surface area (Å²) in [6, 6.07) is 0. The molecule has 1 saturated heterocycles. The Balaban J connectivity index is 1.49. The van der Waals surface area contributed by atoms with Crippen molar-refractivity contribution in [3.8, 4) is 0 Å². The molecule has 152 valence electrons. The van der Waals surface area contributed by atoms with E-state index < -0.39 is 0 Å². The molecule has 3 heterocycles. The van der Waals surface area contributed by atoms with Gasteiger partial charge in [-0.3, -0.25) is 4.79 Å². The molecule has 2 aromatic rings. The predicted molar refractivity (Wildman–Crippen MR) is 107 cm³/mol. The lowest BCUT2D eigenvalue weighted by atomic mass is 9.80. The highest BCUT2D eigenvalue weighted by Crippen LogP contribution is 2.34. The van der Waals surface area contributed by atoms with Gasteiger partial charge < -0.3 is 19.4 Å². The lowest BCUT2D eigenvalue weighted by Gasteiger charge is -2.34. The number of carbonyl (C=O) groups is 1. The van der Waals surface area contributed by atoms with Gasteiger partial charge in [-0.05, 0) is 57.9 Å². The van der Waals surface area contributed by atoms with E-state index >= 15 is 0 Å². The minimum absolute atomic E-state index is 0.0175. The third-order valence-electron chi connectivity index (χ3n) is 6.14. The van der Waals surface area contributed by atoms with E-state index in [1.807, 2.05) is 6.92 Å². The number of hydrogen-bond acceptors (Lipinski definition) is 5. The molecule has 7 nitrogen and oxygen atoms in total. The number of aromatic nitrogens is 3. The summed E-state index contributed by atoms with van der Waals surface area (Å²) >= 11 is 0. The van der Waals surface area contributed by atoms with Crippen LogP contribution in [-0.4, -0.2) is 45.9 Å². The lowest BCUT2D eigenvalue weighted by Crippen LogP contribution is -2.34. The number of rotatable bonds is 7. The summed E-state index contributed by atoms with van der Waals surface area (Å²) in [6.07, 6.45) is 6.75. The minimum atomic E-state index is 0.0175. The van der Waals surface area contributed by atoms with Crippen LogP contribution in [0, 0.1) is 19.8 Å². The van der Waals surface area contributed by atoms with Crippen LogP contribution < -0.4 is 5.32 Å². The first-order valence-electron chi connectivity index (χ1n) is 10.4. The Hall–Kier alpha value is -1.99. The topological polar surface area (TPSA) is 78.3 Å². The highest BCUT2D eigenvalue weighted by molar-refractivity contribution is 6.00. The van der Waals surface area contributed by atoms with Crippen molar-refractivity contribution in [3.05, 3.63) is 17.6 Å². The molecule has 2 aliphatic rings. The third-order valence-corrected chi connectivity index (χ3v) is 6.14. The Morgan fingerprint density at radius 2 is 2.18 bits per heavy atom. The van der Waals surface area contributed by atoms with Crippen LogP contribution in [-0.2, 0) is 20.8 Å². The Morgan fingerprint density at radius 1 is 1.36 bits per heavy atom. The van der Waals surface area contributed by atoms with Crippen molar-refractivity contribution in [2.45, 2.75) is 71.6 Å². The second kappa shape index (κ2) is 8.17. The molecule has 0 bridgehead atoms. The molecule has 0 aromatic carbocycles. The molecule has 2 aromatic heterocycles. The Kier molecular flexibility index (Phi) is 5.64. The lowest BCUT2D eigenvalue weighted by molar-refractivity contribution is -0.119. The number of nitrogens with zero attached hydrogens (tertiary/aromatic N) is 3. The first kappa shape index (κ1) is 19.3. The van der Waals surface area contributed by atoms with Crippen molar-refractivity contribution < 1.29 is 14.3 Å². The van der Waals surface area contributed by atoms with E-state index in [1.54, 1.807) is 0 Å². The minimum Gasteiger partial charge on any atom is -0.378 e. The summed E-state index contributed by atoms with van der Waals surface area (Å²) in [5, 5.41) is 3.97. The molecule has 0 radical (unpaired) electrons. The molecule has 1 unspecified atom stereocenters. The number of amides is 1. The van der Waals surface area contributed by atoms with Crippen LogP contribution in [0.5, 0.6) is 0 Å². The number of carbonyl (C=O) groups excluding carboxylic acids is 1. The number of aryl methyl sites for hydroxylation is 1. The SMILES string of the molecule is CCOC1CC(CC(=O)Nc2ncnc3c2c(C)c(C)n3CC2CCCO2)C1. The van der Waals surface area contributed by atoms with Crippen molar-refractivity contribution in [1.82, 2.24) is 14.5 Å². The monoisotopic (exact) mass is 386 g/mol. The third kappa shape index (κ3) is 3.78. The molecule has 1 N–H and O–H groups in total. The van der Waals surface area contributed by atoms with Gasteiger partial charge in [-0.15, -0.1) is 0 Å². The zero-order valence-electron chi connectivity index (χ0n) is 17.0. The van der Waals surface area contributed by atoms with E-state index in [4.69, 9.17) is 9.47 Å². The summed E-state index contributed by atoms with van der Waals surface area (Å²) in [4.78, 5) is 21.5. The average Bonchev–Trinajstić information content (AvgIpc) is 3.24. The second-order valence-electron chi connectivity index (χ2n) is 8.04. The van der Waals surface area contributed by atoms with Crippen LogP contribution in [0.25, 0.3) is 11.0 Å². The molecule has 28 heavy (non-hydrogen) atoms. The van der Waals surface area contributed by atoms with Gasteiger partial charge in [0.25, 0.3) is 0 Å². The largest absolute Gasteiger partial charge is 0.378 e. The number of fused-ring (bicyclic) bond motifs is 1. The smallest absolute Gasteiger partial charge is 0.225 e. The second-order valence-corrected chi connectivity index (χ2v) is 8.04. The highest BCUT2D eigenvalue weighted by Gasteiger charge is 2.31. The average molecular weight is 386 g/mol. The maximum Gasteiger partial charge on any atom is 0.225 e. The normalized spacial score (nSPS) is 24.5. The van der Waals surface area contributed by atoms with E-state index in [0.717, 1.165) is 67.7 Å². The van der Waals surface area contributed by atoms with Gasteiger partial charge in [0.05, 0.1) is 24.1 Å². The fourth-order valence-corrected chi connectivity index (χ4v) is 4.44. The van der Waals surface area contributed by atoms with Crippen LogP contribution in [0.3, 0.4) is 0 Å². The zero-order chi connectivity index (χ0) is 19.7. The van der Waals surface area contributed by atoms with E-state index in [-0.39, 0.29) is 12.0 Å². The molecular formula is C21H30N4O3. The number of ether oxygens (including phenoxy) is 2. The summed E-state index contributed by atoms with van der Waals surface area (Å²) in [5.74, 6) is 1.03. The Morgan fingerprint density at radius 3 is 2.89 bits per heavy atom. The van der Waals surface area contributed by atoms with Crippen molar-refractivity contribution in [2.24, 2.45) is 5.92 Å². The molecule has 1 atom stereocenters. The van der Waals surface area contributed by atoms with Crippen molar-refractivity contribution in [2.75, 3.05) is 18.5 Å². The fourth-order valence-electron chi connectivity index (χ4n) is 4.44. The van der Waals surface area contributed by atoms with E-state index in [1.165, 1.54) is 6.33 Å². The van der Waals surface area contributed by atoms with E-state index in [0.29, 0.717) is 24.3 Å². The van der Waals surface area contributed by atoms with Gasteiger partial charge in [-0.2, -0.15) is 0 Å². The molecule has 7 heteroatoms. The predicted octanol–water partition coefficient (Wildman–Crippen LogP) is 3.37. The van der Waals surface area contributed by atoms with Crippen LogP contribution in [0.4, 0.5) is 5.82 Å². The van der Waals surface area contributed by atoms with Crippen molar-refractivity contribution in [1.29, 1.82) is 0 Å². The molecule has 1 aliphatic heterocycles. The fraction of sp³-hybridized carbons (Fsp3) is 0.667. The summed E-state index contributed by atoms with van der Waals surface area (Å²) < 4.78 is 13.6. The molecule has 1 aliphatic carbocycles. The standard InChI is InChI=1S/C21H30N4O3/c1-4-27-17-8-15(9-17)10-18(26)24-20-19-13(2)14(3)25(21(19)23-12-22-20)11-16-6-5-7-28-16/h12,15-17H,4-11H2,1-3H3,(H,22,23,24,26). The first-order valence-corrected chi connectivity index (χ1v) is 10.4. The Labute approximate surface area is 165 Å². The van der Waals surface area contributed by atoms with Crippen molar-refractivity contribution >= 4 is 22.8 Å². The molecule has 2 fully saturated rings. The van der Waals surface area contributed by atoms with Crippen molar-refractivity contribution in [3.63, 3.8) is 0 Å². The van der Waals surface area contributed by atoms with E-state index in [9.17, 15) is 4.79 Å². The van der Waals surface area contributed by atoms with Crippen LogP contribution in [0.1, 0.15) is 50.3 Å². The number of hydrogen-bond donors (Lipinski definition) is 1. The van der Waals surface area contributed by atoms with Gasteiger partial charge in [0, 0.05) is 25.3 Å². The van der Waals surface area contributed by atoms with E-state index in [2.05, 4.69) is 33.7 Å². The van der Waals surface area contributed by atoms with Gasteiger partial charge in [-0.1, -0.05) is 0 Å². The quantitative estimate of drug-likeness (QED) is 0.789. The van der Waals surface area contributed by atoms with Gasteiger partial charge >= 0.3 is 0 Å². The maximum atomic E-state index is 12.6. The summed E-state index contributed by atoms with van der Waals surface area (Å²) in [5.41, 5.74) is 3.14. The molecular weight excluding hydrogens is 356 g/mol. The maximum absolute atomic E-state index is 12.6. The number of nitrogens with one attached hydrogen (secondary N) is 1. The number of anilines is 1. The van der Waals surface area contributed by atoms with Gasteiger partial charge in [0.2, 0.25) is 5.91 Å².